The predicted octanol–water partition coefficient (Wildman–Crippen LogP) is 3.14. The van der Waals surface area contributed by atoms with Crippen LogP contribution in [0.4, 0.5) is 0 Å². The average Bonchev–Trinajstić information content (AvgIpc) is 2.16. The second-order valence-electron chi connectivity index (χ2n) is 2.98. The molecule has 0 heterocycles. The van der Waals surface area contributed by atoms with E-state index < -0.39 is 5.97 Å². The first kappa shape index (κ1) is 9.45. The average molecular weight is 298 g/mol. The van der Waals surface area contributed by atoms with Gasteiger partial charge in [0.1, 0.15) is 0 Å². The number of hydrogen-bond acceptors (Lipinski definition) is 1. The zero-order valence-electron chi connectivity index (χ0n) is 7.20. The monoisotopic (exact) mass is 298 g/mol. The third kappa shape index (κ3) is 1.59. The molecule has 0 radical (unpaired) electrons. The highest BCUT2D eigenvalue weighted by Crippen LogP contribution is 2.22. The van der Waals surface area contributed by atoms with E-state index in [4.69, 9.17) is 5.11 Å². The zero-order valence-corrected chi connectivity index (χ0v) is 9.36. The second kappa shape index (κ2) is 3.57. The molecular weight excluding hydrogens is 291 g/mol. The van der Waals surface area contributed by atoms with Gasteiger partial charge >= 0.3 is 5.97 Å². The van der Waals surface area contributed by atoms with Crippen LogP contribution < -0.4 is 0 Å². The van der Waals surface area contributed by atoms with Gasteiger partial charge in [-0.3, -0.25) is 0 Å². The van der Waals surface area contributed by atoms with Crippen LogP contribution in [0.3, 0.4) is 0 Å². The number of fused-ring (bicyclic) bond motifs is 1. The molecule has 2 rings (SSSR count). The highest BCUT2D eigenvalue weighted by Gasteiger charge is 2.08. The van der Waals surface area contributed by atoms with Gasteiger partial charge in [0.25, 0.3) is 0 Å². The summed E-state index contributed by atoms with van der Waals surface area (Å²) in [5.41, 5.74) is 0.368. The maximum absolute atomic E-state index is 11.0. The maximum Gasteiger partial charge on any atom is 0.336 e. The third-order valence-electron chi connectivity index (χ3n) is 2.06. The molecule has 0 saturated heterocycles. The van der Waals surface area contributed by atoms with E-state index >= 15 is 0 Å². The summed E-state index contributed by atoms with van der Waals surface area (Å²) in [7, 11) is 0. The van der Waals surface area contributed by atoms with Crippen LogP contribution in [0.1, 0.15) is 10.4 Å². The number of carboxylic acid groups (broad SMARTS) is 1. The van der Waals surface area contributed by atoms with Crippen molar-refractivity contribution in [3.8, 4) is 0 Å². The molecule has 0 saturated carbocycles. The quantitative estimate of drug-likeness (QED) is 0.821. The standard InChI is InChI=1S/C11H7IO2/c12-8-5-7-3-1-2-4-9(7)10(6-8)11(13)14/h1-6H,(H,13,14). The topological polar surface area (TPSA) is 37.3 Å². The van der Waals surface area contributed by atoms with Gasteiger partial charge in [0.2, 0.25) is 0 Å². The van der Waals surface area contributed by atoms with E-state index in [0.29, 0.717) is 5.56 Å². The number of halogens is 1. The highest BCUT2D eigenvalue weighted by molar-refractivity contribution is 14.1. The number of carboxylic acids is 1. The summed E-state index contributed by atoms with van der Waals surface area (Å²) in [6, 6.07) is 11.2. The minimum absolute atomic E-state index is 0.368. The van der Waals surface area contributed by atoms with Crippen LogP contribution in [0.5, 0.6) is 0 Å². The summed E-state index contributed by atoms with van der Waals surface area (Å²) in [6.07, 6.45) is 0. The lowest BCUT2D eigenvalue weighted by Gasteiger charge is -2.02. The van der Waals surface area contributed by atoms with Crippen molar-refractivity contribution in [2.75, 3.05) is 0 Å². The molecule has 0 aliphatic rings. The molecule has 0 fully saturated rings. The SMILES string of the molecule is O=C(O)c1cc(I)cc2ccccc12. The highest BCUT2D eigenvalue weighted by atomic mass is 127. The molecular formula is C11H7IO2. The Labute approximate surface area is 94.7 Å². The Morgan fingerprint density at radius 1 is 1.21 bits per heavy atom. The van der Waals surface area contributed by atoms with E-state index in [9.17, 15) is 4.79 Å². The molecule has 1 N–H and O–H groups in total. The lowest BCUT2D eigenvalue weighted by Crippen LogP contribution is -1.97. The summed E-state index contributed by atoms with van der Waals surface area (Å²) in [5, 5.41) is 10.8. The van der Waals surface area contributed by atoms with Crippen molar-refractivity contribution >= 4 is 39.3 Å². The summed E-state index contributed by atoms with van der Waals surface area (Å²) < 4.78 is 0.943. The Morgan fingerprint density at radius 2 is 1.93 bits per heavy atom. The smallest absolute Gasteiger partial charge is 0.336 e. The largest absolute Gasteiger partial charge is 0.478 e. The summed E-state index contributed by atoms with van der Waals surface area (Å²) in [4.78, 5) is 11.0. The van der Waals surface area contributed by atoms with E-state index in [0.717, 1.165) is 14.3 Å². The van der Waals surface area contributed by atoms with Crippen molar-refractivity contribution < 1.29 is 9.90 Å². The van der Waals surface area contributed by atoms with Crippen molar-refractivity contribution in [3.05, 3.63) is 45.5 Å². The first-order chi connectivity index (χ1) is 6.68. The lowest BCUT2D eigenvalue weighted by molar-refractivity contribution is 0.0699. The third-order valence-corrected chi connectivity index (χ3v) is 2.68. The van der Waals surface area contributed by atoms with Crippen LogP contribution in [0, 0.1) is 3.57 Å². The van der Waals surface area contributed by atoms with Crippen molar-refractivity contribution in [1.29, 1.82) is 0 Å². The molecule has 0 aliphatic carbocycles. The predicted molar refractivity (Wildman–Crippen MR) is 63.6 cm³/mol. The normalized spacial score (nSPS) is 10.4. The van der Waals surface area contributed by atoms with Crippen LogP contribution >= 0.6 is 22.6 Å². The van der Waals surface area contributed by atoms with Gasteiger partial charge in [-0.05, 0) is 45.5 Å². The van der Waals surface area contributed by atoms with Gasteiger partial charge in [-0.2, -0.15) is 0 Å². The van der Waals surface area contributed by atoms with Gasteiger partial charge in [-0.15, -0.1) is 0 Å². The molecule has 2 nitrogen and oxygen atoms in total. The number of carbonyl (C=O) groups is 1. The van der Waals surface area contributed by atoms with Gasteiger partial charge in [0, 0.05) is 3.57 Å². The molecule has 70 valence electrons. The Hall–Kier alpha value is -1.10. The van der Waals surface area contributed by atoms with E-state index in [2.05, 4.69) is 22.6 Å². The molecule has 0 aliphatic heterocycles. The number of hydrogen-bond donors (Lipinski definition) is 1. The molecule has 0 aromatic heterocycles. The summed E-state index contributed by atoms with van der Waals surface area (Å²) in [5.74, 6) is -0.875. The van der Waals surface area contributed by atoms with E-state index in [-0.39, 0.29) is 0 Å². The fourth-order valence-corrected chi connectivity index (χ4v) is 2.10. The molecule has 14 heavy (non-hydrogen) atoms. The molecule has 2 aromatic rings. The summed E-state index contributed by atoms with van der Waals surface area (Å²) in [6.45, 7) is 0. The van der Waals surface area contributed by atoms with Gasteiger partial charge in [-0.1, -0.05) is 24.3 Å². The fourth-order valence-electron chi connectivity index (χ4n) is 1.45. The Morgan fingerprint density at radius 3 is 2.64 bits per heavy atom. The second-order valence-corrected chi connectivity index (χ2v) is 4.23. The Bertz CT molecular complexity index is 506. The fraction of sp³-hybridized carbons (Fsp3) is 0. The van der Waals surface area contributed by atoms with Gasteiger partial charge in [-0.25, -0.2) is 4.79 Å². The lowest BCUT2D eigenvalue weighted by atomic mass is 10.1. The van der Waals surface area contributed by atoms with Crippen LogP contribution in [-0.2, 0) is 0 Å². The molecule has 3 heteroatoms. The number of aromatic carboxylic acids is 1. The van der Waals surface area contributed by atoms with Crippen LogP contribution in [0.15, 0.2) is 36.4 Å². The van der Waals surface area contributed by atoms with E-state index in [1.54, 1.807) is 6.07 Å². The van der Waals surface area contributed by atoms with E-state index in [1.807, 2.05) is 30.3 Å². The molecule has 0 spiro atoms. The van der Waals surface area contributed by atoms with Gasteiger partial charge < -0.3 is 5.11 Å². The van der Waals surface area contributed by atoms with Crippen LogP contribution in [-0.4, -0.2) is 11.1 Å². The molecule has 0 bridgehead atoms. The van der Waals surface area contributed by atoms with Crippen LogP contribution in [0.2, 0.25) is 0 Å². The molecule has 2 aromatic carbocycles. The van der Waals surface area contributed by atoms with Gasteiger partial charge in [0.15, 0.2) is 0 Å². The first-order valence-electron chi connectivity index (χ1n) is 4.10. The molecule has 0 atom stereocenters. The minimum Gasteiger partial charge on any atom is -0.478 e. The van der Waals surface area contributed by atoms with Crippen molar-refractivity contribution in [3.63, 3.8) is 0 Å². The number of benzene rings is 2. The Balaban J connectivity index is 2.87. The van der Waals surface area contributed by atoms with Crippen molar-refractivity contribution in [1.82, 2.24) is 0 Å². The first-order valence-corrected chi connectivity index (χ1v) is 5.18. The Kier molecular flexibility index (Phi) is 2.41. The molecule has 0 amide bonds. The van der Waals surface area contributed by atoms with Crippen molar-refractivity contribution in [2.45, 2.75) is 0 Å². The number of rotatable bonds is 1. The minimum atomic E-state index is -0.875. The van der Waals surface area contributed by atoms with Crippen LogP contribution in [0.25, 0.3) is 10.8 Å². The van der Waals surface area contributed by atoms with Gasteiger partial charge in [0.05, 0.1) is 5.56 Å². The summed E-state index contributed by atoms with van der Waals surface area (Å²) >= 11 is 2.12. The zero-order chi connectivity index (χ0) is 10.1. The molecule has 0 unspecified atom stereocenters. The maximum atomic E-state index is 11.0. The van der Waals surface area contributed by atoms with E-state index in [1.165, 1.54) is 0 Å². The van der Waals surface area contributed by atoms with Crippen molar-refractivity contribution in [2.24, 2.45) is 0 Å².